The zero-order valence-corrected chi connectivity index (χ0v) is 12.7. The van der Waals surface area contributed by atoms with Gasteiger partial charge in [0.25, 0.3) is 0 Å². The second-order valence-corrected chi connectivity index (χ2v) is 6.03. The van der Waals surface area contributed by atoms with Gasteiger partial charge in [-0.1, -0.05) is 12.1 Å². The number of nitrogens with zero attached hydrogens (tertiary/aromatic N) is 1. The lowest BCUT2D eigenvalue weighted by Gasteiger charge is -2.08. The molecule has 0 aliphatic rings. The summed E-state index contributed by atoms with van der Waals surface area (Å²) >= 11 is 1.68. The molecule has 1 aromatic carbocycles. The normalized spacial score (nSPS) is 12.2. The van der Waals surface area contributed by atoms with Crippen LogP contribution in [0.1, 0.15) is 31.2 Å². The summed E-state index contributed by atoms with van der Waals surface area (Å²) in [6, 6.07) is 7.19. The van der Waals surface area contributed by atoms with Crippen molar-refractivity contribution in [3.63, 3.8) is 0 Å². The van der Waals surface area contributed by atoms with E-state index < -0.39 is 12.0 Å². The SMILES string of the molecule is C[C@H](NC(=O)CCCCc1nc2ccccc2s1)C(=O)O. The first-order chi connectivity index (χ1) is 10.1. The largest absolute Gasteiger partial charge is 0.480 e. The second-order valence-electron chi connectivity index (χ2n) is 4.91. The number of amides is 1. The zero-order chi connectivity index (χ0) is 15.2. The van der Waals surface area contributed by atoms with Gasteiger partial charge in [-0.15, -0.1) is 11.3 Å². The molecule has 0 bridgehead atoms. The smallest absolute Gasteiger partial charge is 0.325 e. The molecule has 0 unspecified atom stereocenters. The van der Waals surface area contributed by atoms with Crippen molar-refractivity contribution in [2.45, 2.75) is 38.6 Å². The van der Waals surface area contributed by atoms with Crippen LogP contribution in [0.5, 0.6) is 0 Å². The number of nitrogens with one attached hydrogen (secondary N) is 1. The van der Waals surface area contributed by atoms with Crippen molar-refractivity contribution in [3.8, 4) is 0 Å². The lowest BCUT2D eigenvalue weighted by atomic mass is 10.2. The molecular weight excluding hydrogens is 288 g/mol. The van der Waals surface area contributed by atoms with Crippen molar-refractivity contribution in [3.05, 3.63) is 29.3 Å². The summed E-state index contributed by atoms with van der Waals surface area (Å²) < 4.78 is 1.18. The minimum absolute atomic E-state index is 0.214. The Morgan fingerprint density at radius 1 is 1.33 bits per heavy atom. The lowest BCUT2D eigenvalue weighted by molar-refractivity contribution is -0.141. The van der Waals surface area contributed by atoms with Crippen molar-refractivity contribution >= 4 is 33.4 Å². The van der Waals surface area contributed by atoms with Gasteiger partial charge in [0.2, 0.25) is 5.91 Å². The number of aryl methyl sites for hydroxylation is 1. The number of carboxylic acid groups (broad SMARTS) is 1. The van der Waals surface area contributed by atoms with Gasteiger partial charge in [0, 0.05) is 6.42 Å². The molecule has 2 aromatic rings. The Labute approximate surface area is 127 Å². The monoisotopic (exact) mass is 306 g/mol. The highest BCUT2D eigenvalue weighted by atomic mass is 32.1. The highest BCUT2D eigenvalue weighted by Gasteiger charge is 2.13. The fourth-order valence-electron chi connectivity index (χ4n) is 1.96. The van der Waals surface area contributed by atoms with Crippen molar-refractivity contribution in [1.29, 1.82) is 0 Å². The number of rotatable bonds is 7. The average Bonchev–Trinajstić information content (AvgIpc) is 2.86. The van der Waals surface area contributed by atoms with Gasteiger partial charge >= 0.3 is 5.97 Å². The standard InChI is InChI=1S/C15H18N2O3S/c1-10(15(19)20)16-13(18)8-4-5-9-14-17-11-6-2-3-7-12(11)21-14/h2-3,6-7,10H,4-5,8-9H2,1H3,(H,16,18)(H,19,20)/t10-/m0/s1. The van der Waals surface area contributed by atoms with Crippen molar-refractivity contribution in [1.82, 2.24) is 10.3 Å². The summed E-state index contributed by atoms with van der Waals surface area (Å²) in [4.78, 5) is 26.7. The van der Waals surface area contributed by atoms with E-state index >= 15 is 0 Å². The fraction of sp³-hybridized carbons (Fsp3) is 0.400. The Kier molecular flexibility index (Phi) is 5.27. The molecule has 1 atom stereocenters. The molecule has 0 saturated carbocycles. The third kappa shape index (κ3) is 4.53. The van der Waals surface area contributed by atoms with E-state index in [0.717, 1.165) is 29.8 Å². The summed E-state index contributed by atoms with van der Waals surface area (Å²) in [6.45, 7) is 1.46. The number of aliphatic carboxylic acids is 1. The van der Waals surface area contributed by atoms with Crippen LogP contribution in [-0.2, 0) is 16.0 Å². The zero-order valence-electron chi connectivity index (χ0n) is 11.8. The molecular formula is C15H18N2O3S. The van der Waals surface area contributed by atoms with Crippen LogP contribution in [-0.4, -0.2) is 28.0 Å². The quantitative estimate of drug-likeness (QED) is 0.771. The Bertz CT molecular complexity index is 606. The van der Waals surface area contributed by atoms with Gasteiger partial charge in [-0.05, 0) is 38.3 Å². The highest BCUT2D eigenvalue weighted by molar-refractivity contribution is 7.18. The number of carbonyl (C=O) groups excluding carboxylic acids is 1. The maximum Gasteiger partial charge on any atom is 0.325 e. The topological polar surface area (TPSA) is 79.3 Å². The van der Waals surface area contributed by atoms with E-state index in [1.165, 1.54) is 11.6 Å². The van der Waals surface area contributed by atoms with E-state index in [1.807, 2.05) is 18.2 Å². The van der Waals surface area contributed by atoms with Gasteiger partial charge in [0.15, 0.2) is 0 Å². The Balaban J connectivity index is 1.72. The number of para-hydroxylation sites is 1. The minimum atomic E-state index is -1.02. The van der Waals surface area contributed by atoms with Gasteiger partial charge in [-0.25, -0.2) is 4.98 Å². The summed E-state index contributed by atoms with van der Waals surface area (Å²) in [5, 5.41) is 12.2. The number of hydrogen-bond acceptors (Lipinski definition) is 4. The average molecular weight is 306 g/mol. The van der Waals surface area contributed by atoms with E-state index in [-0.39, 0.29) is 5.91 Å². The molecule has 2 N–H and O–H groups in total. The van der Waals surface area contributed by atoms with Crippen LogP contribution in [0.3, 0.4) is 0 Å². The van der Waals surface area contributed by atoms with E-state index in [9.17, 15) is 9.59 Å². The maximum atomic E-state index is 11.5. The summed E-state index contributed by atoms with van der Waals surface area (Å²) in [5.41, 5.74) is 1.02. The van der Waals surface area contributed by atoms with Crippen LogP contribution in [0.15, 0.2) is 24.3 Å². The third-order valence-corrected chi connectivity index (χ3v) is 4.23. The molecule has 1 aromatic heterocycles. The molecule has 0 saturated heterocycles. The lowest BCUT2D eigenvalue weighted by Crippen LogP contribution is -2.38. The van der Waals surface area contributed by atoms with Crippen LogP contribution in [0, 0.1) is 0 Å². The van der Waals surface area contributed by atoms with Crippen molar-refractivity contribution < 1.29 is 14.7 Å². The molecule has 112 valence electrons. The maximum absolute atomic E-state index is 11.5. The number of hydrogen-bond donors (Lipinski definition) is 2. The van der Waals surface area contributed by atoms with Crippen LogP contribution in [0.4, 0.5) is 0 Å². The van der Waals surface area contributed by atoms with Crippen LogP contribution in [0.2, 0.25) is 0 Å². The molecule has 0 fully saturated rings. The van der Waals surface area contributed by atoms with Gasteiger partial charge in [0.1, 0.15) is 6.04 Å². The number of carboxylic acids is 1. The molecule has 0 aliphatic carbocycles. The van der Waals surface area contributed by atoms with Gasteiger partial charge in [-0.2, -0.15) is 0 Å². The molecule has 0 radical (unpaired) electrons. The first kappa shape index (κ1) is 15.4. The Morgan fingerprint density at radius 2 is 2.10 bits per heavy atom. The minimum Gasteiger partial charge on any atom is -0.480 e. The number of thiazole rings is 1. The molecule has 1 heterocycles. The van der Waals surface area contributed by atoms with Gasteiger partial charge in [0.05, 0.1) is 15.2 Å². The first-order valence-electron chi connectivity index (χ1n) is 6.93. The van der Waals surface area contributed by atoms with Gasteiger partial charge < -0.3 is 10.4 Å². The third-order valence-electron chi connectivity index (χ3n) is 3.13. The van der Waals surface area contributed by atoms with Gasteiger partial charge in [-0.3, -0.25) is 9.59 Å². The number of carbonyl (C=O) groups is 2. The van der Waals surface area contributed by atoms with E-state index in [0.29, 0.717) is 6.42 Å². The second kappa shape index (κ2) is 7.17. The number of aromatic nitrogens is 1. The fourth-order valence-corrected chi connectivity index (χ4v) is 2.97. The summed E-state index contributed by atoms with van der Waals surface area (Å²) in [7, 11) is 0. The molecule has 0 aliphatic heterocycles. The first-order valence-corrected chi connectivity index (χ1v) is 7.74. The van der Waals surface area contributed by atoms with Crippen molar-refractivity contribution in [2.75, 3.05) is 0 Å². The summed E-state index contributed by atoms with van der Waals surface area (Å²) in [6.07, 6.45) is 2.80. The van der Waals surface area contributed by atoms with Crippen LogP contribution >= 0.6 is 11.3 Å². The van der Waals surface area contributed by atoms with E-state index in [2.05, 4.69) is 16.4 Å². The molecule has 21 heavy (non-hydrogen) atoms. The molecule has 1 amide bonds. The molecule has 2 rings (SSSR count). The predicted molar refractivity (Wildman–Crippen MR) is 82.4 cm³/mol. The molecule has 5 nitrogen and oxygen atoms in total. The molecule has 6 heteroatoms. The van der Waals surface area contributed by atoms with Crippen LogP contribution in [0.25, 0.3) is 10.2 Å². The van der Waals surface area contributed by atoms with E-state index in [1.54, 1.807) is 11.3 Å². The molecule has 0 spiro atoms. The van der Waals surface area contributed by atoms with E-state index in [4.69, 9.17) is 5.11 Å². The van der Waals surface area contributed by atoms with Crippen LogP contribution < -0.4 is 5.32 Å². The number of unbranched alkanes of at least 4 members (excludes halogenated alkanes) is 1. The highest BCUT2D eigenvalue weighted by Crippen LogP contribution is 2.22. The Morgan fingerprint density at radius 3 is 2.81 bits per heavy atom. The predicted octanol–water partition coefficient (Wildman–Crippen LogP) is 2.60. The Hall–Kier alpha value is -1.95. The number of benzene rings is 1. The summed E-state index contributed by atoms with van der Waals surface area (Å²) in [5.74, 6) is -1.23. The van der Waals surface area contributed by atoms with Crippen molar-refractivity contribution in [2.24, 2.45) is 0 Å². The number of fused-ring (bicyclic) bond motifs is 1.